The molecule has 0 atom stereocenters. The summed E-state index contributed by atoms with van der Waals surface area (Å²) in [6, 6.07) is 0. The summed E-state index contributed by atoms with van der Waals surface area (Å²) < 4.78 is 5.52. The first-order chi connectivity index (χ1) is 8.19. The highest BCUT2D eigenvalue weighted by Crippen LogP contribution is 2.41. The Labute approximate surface area is 103 Å². The molecule has 1 saturated carbocycles. The maximum Gasteiger partial charge on any atom is 0.324 e. The zero-order valence-electron chi connectivity index (χ0n) is 10.7. The molecule has 98 valence electrons. The van der Waals surface area contributed by atoms with E-state index < -0.39 is 11.5 Å². The Hall–Kier alpha value is -0.610. The number of carboxylic acid groups (broad SMARTS) is 1. The molecule has 0 unspecified atom stereocenters. The predicted octanol–water partition coefficient (Wildman–Crippen LogP) is 1.88. The zero-order valence-corrected chi connectivity index (χ0v) is 10.7. The fraction of sp³-hybridized carbons (Fsp3) is 0.923. The minimum absolute atomic E-state index is 0.152. The summed E-state index contributed by atoms with van der Waals surface area (Å²) in [5, 5.41) is 9.52. The van der Waals surface area contributed by atoms with Gasteiger partial charge in [0.05, 0.1) is 6.10 Å². The van der Waals surface area contributed by atoms with Gasteiger partial charge in [-0.2, -0.15) is 0 Å². The van der Waals surface area contributed by atoms with E-state index in [1.165, 1.54) is 12.8 Å². The average molecular weight is 241 g/mol. The summed E-state index contributed by atoms with van der Waals surface area (Å²) >= 11 is 0. The largest absolute Gasteiger partial charge is 0.480 e. The Morgan fingerprint density at radius 2 is 1.88 bits per heavy atom. The van der Waals surface area contributed by atoms with Crippen molar-refractivity contribution in [2.24, 2.45) is 0 Å². The molecule has 4 nitrogen and oxygen atoms in total. The first-order valence-electron chi connectivity index (χ1n) is 6.79. The van der Waals surface area contributed by atoms with Crippen molar-refractivity contribution in [3.05, 3.63) is 0 Å². The Morgan fingerprint density at radius 1 is 1.29 bits per heavy atom. The standard InChI is InChI=1S/C13H23NO3/c1-2-17-11-9-13(10-11,12(15)16)14-7-5-3-4-6-8-14/h11H,2-10H2,1H3,(H,15,16). The fourth-order valence-electron chi connectivity index (χ4n) is 3.11. The summed E-state index contributed by atoms with van der Waals surface area (Å²) in [5.74, 6) is -0.657. The Morgan fingerprint density at radius 3 is 2.35 bits per heavy atom. The van der Waals surface area contributed by atoms with Crippen LogP contribution in [0.15, 0.2) is 0 Å². The van der Waals surface area contributed by atoms with Gasteiger partial charge in [-0.15, -0.1) is 0 Å². The summed E-state index contributed by atoms with van der Waals surface area (Å²) in [6.07, 6.45) is 6.22. The lowest BCUT2D eigenvalue weighted by atomic mass is 9.72. The third kappa shape index (κ3) is 2.47. The normalized spacial score (nSPS) is 35.0. The van der Waals surface area contributed by atoms with Crippen LogP contribution in [0.2, 0.25) is 0 Å². The molecule has 0 amide bonds. The molecule has 17 heavy (non-hydrogen) atoms. The van der Waals surface area contributed by atoms with E-state index in [1.54, 1.807) is 0 Å². The van der Waals surface area contributed by atoms with Gasteiger partial charge in [-0.05, 0) is 32.9 Å². The second-order valence-electron chi connectivity index (χ2n) is 5.22. The molecule has 1 aliphatic carbocycles. The highest BCUT2D eigenvalue weighted by molar-refractivity contribution is 5.80. The monoisotopic (exact) mass is 241 g/mol. The lowest BCUT2D eigenvalue weighted by Gasteiger charge is -2.50. The molecule has 0 aromatic heterocycles. The molecule has 0 radical (unpaired) electrons. The molecular weight excluding hydrogens is 218 g/mol. The number of hydrogen-bond donors (Lipinski definition) is 1. The van der Waals surface area contributed by atoms with Crippen molar-refractivity contribution in [2.75, 3.05) is 19.7 Å². The minimum Gasteiger partial charge on any atom is -0.480 e. The van der Waals surface area contributed by atoms with Gasteiger partial charge in [0.1, 0.15) is 5.54 Å². The zero-order chi connectivity index (χ0) is 12.3. The van der Waals surface area contributed by atoms with Crippen molar-refractivity contribution in [1.82, 2.24) is 4.90 Å². The third-order valence-electron chi connectivity index (χ3n) is 4.14. The fourth-order valence-corrected chi connectivity index (χ4v) is 3.11. The summed E-state index contributed by atoms with van der Waals surface area (Å²) in [6.45, 7) is 4.52. The second-order valence-corrected chi connectivity index (χ2v) is 5.22. The molecule has 0 bridgehead atoms. The number of nitrogens with zero attached hydrogens (tertiary/aromatic N) is 1. The second kappa shape index (κ2) is 5.36. The van der Waals surface area contributed by atoms with Crippen molar-refractivity contribution < 1.29 is 14.6 Å². The number of carbonyl (C=O) groups is 1. The predicted molar refractivity (Wildman–Crippen MR) is 65.1 cm³/mol. The van der Waals surface area contributed by atoms with Crippen molar-refractivity contribution >= 4 is 5.97 Å². The topological polar surface area (TPSA) is 49.8 Å². The highest BCUT2D eigenvalue weighted by atomic mass is 16.5. The molecule has 2 aliphatic rings. The van der Waals surface area contributed by atoms with Crippen LogP contribution in [0.4, 0.5) is 0 Å². The lowest BCUT2D eigenvalue weighted by Crippen LogP contribution is -2.65. The average Bonchev–Trinajstić information content (AvgIpc) is 2.50. The van der Waals surface area contributed by atoms with E-state index in [-0.39, 0.29) is 6.10 Å². The summed E-state index contributed by atoms with van der Waals surface area (Å²) in [4.78, 5) is 13.8. The van der Waals surface area contributed by atoms with Crippen LogP contribution in [0.1, 0.15) is 45.4 Å². The highest BCUT2D eigenvalue weighted by Gasteiger charge is 2.54. The van der Waals surface area contributed by atoms with Gasteiger partial charge in [0.25, 0.3) is 0 Å². The van der Waals surface area contributed by atoms with Crippen LogP contribution in [-0.4, -0.2) is 47.3 Å². The van der Waals surface area contributed by atoms with Crippen LogP contribution >= 0.6 is 0 Å². The van der Waals surface area contributed by atoms with Gasteiger partial charge < -0.3 is 9.84 Å². The van der Waals surface area contributed by atoms with Crippen molar-refractivity contribution in [1.29, 1.82) is 0 Å². The van der Waals surface area contributed by atoms with Crippen molar-refractivity contribution in [3.63, 3.8) is 0 Å². The van der Waals surface area contributed by atoms with Gasteiger partial charge >= 0.3 is 5.97 Å². The Kier molecular flexibility index (Phi) is 4.05. The van der Waals surface area contributed by atoms with E-state index in [1.807, 2.05) is 6.92 Å². The first kappa shape index (κ1) is 12.8. The van der Waals surface area contributed by atoms with Crippen LogP contribution in [0.3, 0.4) is 0 Å². The molecule has 4 heteroatoms. The van der Waals surface area contributed by atoms with Crippen molar-refractivity contribution in [3.8, 4) is 0 Å². The SMILES string of the molecule is CCOC1CC(C(=O)O)(N2CCCCCC2)C1. The molecule has 2 fully saturated rings. The van der Waals surface area contributed by atoms with Crippen LogP contribution in [-0.2, 0) is 9.53 Å². The van der Waals surface area contributed by atoms with E-state index in [0.29, 0.717) is 19.4 Å². The van der Waals surface area contributed by atoms with Gasteiger partial charge in [-0.25, -0.2) is 0 Å². The maximum absolute atomic E-state index is 11.6. The number of rotatable bonds is 4. The van der Waals surface area contributed by atoms with Gasteiger partial charge in [-0.3, -0.25) is 9.69 Å². The summed E-state index contributed by atoms with van der Waals surface area (Å²) in [7, 11) is 0. The first-order valence-corrected chi connectivity index (χ1v) is 6.79. The van der Waals surface area contributed by atoms with E-state index in [9.17, 15) is 9.90 Å². The van der Waals surface area contributed by atoms with Crippen LogP contribution in [0, 0.1) is 0 Å². The molecule has 1 aliphatic heterocycles. The van der Waals surface area contributed by atoms with Gasteiger partial charge in [0.2, 0.25) is 0 Å². The Bertz CT molecular complexity index is 266. The van der Waals surface area contributed by atoms with Gasteiger partial charge in [-0.1, -0.05) is 12.8 Å². The third-order valence-corrected chi connectivity index (χ3v) is 4.14. The van der Waals surface area contributed by atoms with Crippen LogP contribution in [0.5, 0.6) is 0 Å². The lowest BCUT2D eigenvalue weighted by molar-refractivity contribution is -0.173. The molecule has 1 heterocycles. The van der Waals surface area contributed by atoms with E-state index in [0.717, 1.165) is 25.9 Å². The van der Waals surface area contributed by atoms with Crippen LogP contribution < -0.4 is 0 Å². The number of carboxylic acids is 1. The van der Waals surface area contributed by atoms with E-state index >= 15 is 0 Å². The number of ether oxygens (including phenoxy) is 1. The van der Waals surface area contributed by atoms with Crippen LogP contribution in [0.25, 0.3) is 0 Å². The quantitative estimate of drug-likeness (QED) is 0.816. The van der Waals surface area contributed by atoms with Gasteiger partial charge in [0, 0.05) is 19.4 Å². The summed E-state index contributed by atoms with van der Waals surface area (Å²) in [5.41, 5.74) is -0.621. The molecule has 0 aromatic carbocycles. The Balaban J connectivity index is 2.00. The smallest absolute Gasteiger partial charge is 0.324 e. The minimum atomic E-state index is -0.657. The number of hydrogen-bond acceptors (Lipinski definition) is 3. The number of aliphatic carboxylic acids is 1. The number of likely N-dealkylation sites (tertiary alicyclic amines) is 1. The molecule has 0 aromatic rings. The molecular formula is C13H23NO3. The molecule has 0 spiro atoms. The molecule has 1 N–H and O–H groups in total. The van der Waals surface area contributed by atoms with E-state index in [4.69, 9.17) is 4.74 Å². The maximum atomic E-state index is 11.6. The molecule has 1 saturated heterocycles. The molecule has 2 rings (SSSR count). The van der Waals surface area contributed by atoms with Gasteiger partial charge in [0.15, 0.2) is 0 Å². The van der Waals surface area contributed by atoms with E-state index in [2.05, 4.69) is 4.90 Å². The van der Waals surface area contributed by atoms with Crippen molar-refractivity contribution in [2.45, 2.75) is 57.1 Å².